The number of aliphatic hydroxyl groups is 1. The summed E-state index contributed by atoms with van der Waals surface area (Å²) < 4.78 is 2.16. The van der Waals surface area contributed by atoms with Crippen LogP contribution >= 0.6 is 22.6 Å². The van der Waals surface area contributed by atoms with Crippen molar-refractivity contribution in [1.29, 1.82) is 0 Å². The Morgan fingerprint density at radius 3 is 2.89 bits per heavy atom. The minimum Gasteiger partial charge on any atom is -0.396 e. The SMILES string of the molecule is OC[C@@H]1CCN(SS)C1. The lowest BCUT2D eigenvalue weighted by Gasteiger charge is -2.08. The van der Waals surface area contributed by atoms with Crippen molar-refractivity contribution in [2.45, 2.75) is 6.42 Å². The largest absolute Gasteiger partial charge is 0.396 e. The molecule has 4 heteroatoms. The maximum absolute atomic E-state index is 8.72. The predicted molar refractivity (Wildman–Crippen MR) is 43.3 cm³/mol. The second kappa shape index (κ2) is 3.71. The van der Waals surface area contributed by atoms with Crippen molar-refractivity contribution in [2.24, 2.45) is 5.92 Å². The summed E-state index contributed by atoms with van der Waals surface area (Å²) in [5.41, 5.74) is 0. The molecule has 0 aliphatic carbocycles. The van der Waals surface area contributed by atoms with Gasteiger partial charge in [0.25, 0.3) is 0 Å². The summed E-state index contributed by atoms with van der Waals surface area (Å²) in [6.45, 7) is 2.38. The third-order valence-electron chi connectivity index (χ3n) is 1.62. The first-order chi connectivity index (χ1) is 4.36. The van der Waals surface area contributed by atoms with Gasteiger partial charge in [-0.1, -0.05) is 11.7 Å². The molecule has 0 radical (unpaired) electrons. The van der Waals surface area contributed by atoms with Gasteiger partial charge in [0.05, 0.1) is 0 Å². The first-order valence-corrected chi connectivity index (χ1v) is 4.86. The summed E-state index contributed by atoms with van der Waals surface area (Å²) in [5.74, 6) is 0.490. The average molecular weight is 165 g/mol. The Morgan fingerprint density at radius 1 is 1.78 bits per heavy atom. The lowest BCUT2D eigenvalue weighted by atomic mass is 10.1. The molecule has 0 unspecified atom stereocenters. The molecule has 2 nitrogen and oxygen atoms in total. The smallest absolute Gasteiger partial charge is 0.0472 e. The Labute approximate surface area is 64.6 Å². The van der Waals surface area contributed by atoms with E-state index in [2.05, 4.69) is 16.0 Å². The van der Waals surface area contributed by atoms with Crippen molar-refractivity contribution < 1.29 is 5.11 Å². The highest BCUT2D eigenvalue weighted by molar-refractivity contribution is 8.67. The van der Waals surface area contributed by atoms with Crippen LogP contribution in [0.3, 0.4) is 0 Å². The molecule has 0 aromatic carbocycles. The van der Waals surface area contributed by atoms with Gasteiger partial charge >= 0.3 is 0 Å². The Balaban J connectivity index is 2.20. The number of thiol groups is 1. The van der Waals surface area contributed by atoms with Crippen molar-refractivity contribution in [1.82, 2.24) is 4.31 Å². The standard InChI is InChI=1S/C5H11NOS2/c7-4-5-1-2-6(3-5)9-8/h5,7-8H,1-4H2/t5-/m1/s1. The van der Waals surface area contributed by atoms with Gasteiger partial charge in [-0.2, -0.15) is 0 Å². The van der Waals surface area contributed by atoms with Crippen molar-refractivity contribution in [3.05, 3.63) is 0 Å². The molecule has 0 amide bonds. The van der Waals surface area contributed by atoms with Crippen LogP contribution in [0.25, 0.3) is 0 Å². The maximum atomic E-state index is 8.72. The molecule has 1 saturated heterocycles. The maximum Gasteiger partial charge on any atom is 0.0472 e. The molecule has 1 aliphatic heterocycles. The number of rotatable bonds is 2. The van der Waals surface area contributed by atoms with E-state index in [9.17, 15) is 0 Å². The van der Waals surface area contributed by atoms with E-state index in [1.54, 1.807) is 0 Å². The van der Waals surface area contributed by atoms with Gasteiger partial charge in [0, 0.05) is 19.7 Å². The van der Waals surface area contributed by atoms with E-state index in [1.165, 1.54) is 11.0 Å². The normalized spacial score (nSPS) is 29.3. The van der Waals surface area contributed by atoms with Gasteiger partial charge in [-0.05, 0) is 23.3 Å². The third-order valence-corrected chi connectivity index (χ3v) is 2.88. The Morgan fingerprint density at radius 2 is 2.56 bits per heavy atom. The van der Waals surface area contributed by atoms with Gasteiger partial charge in [-0.3, -0.25) is 0 Å². The van der Waals surface area contributed by atoms with Gasteiger partial charge < -0.3 is 5.11 Å². The molecule has 0 bridgehead atoms. The monoisotopic (exact) mass is 165 g/mol. The summed E-state index contributed by atoms with van der Waals surface area (Å²) in [6.07, 6.45) is 1.12. The number of hydrogen-bond donors (Lipinski definition) is 2. The lowest BCUT2D eigenvalue weighted by molar-refractivity contribution is 0.234. The van der Waals surface area contributed by atoms with Gasteiger partial charge in [-0.25, -0.2) is 4.31 Å². The highest BCUT2D eigenvalue weighted by Crippen LogP contribution is 2.24. The van der Waals surface area contributed by atoms with Crippen molar-refractivity contribution in [3.63, 3.8) is 0 Å². The first kappa shape index (κ1) is 7.72. The molecule has 0 spiro atoms. The van der Waals surface area contributed by atoms with Crippen LogP contribution in [0.15, 0.2) is 0 Å². The second-order valence-electron chi connectivity index (χ2n) is 2.31. The first-order valence-electron chi connectivity index (χ1n) is 3.04. The van der Waals surface area contributed by atoms with Gasteiger partial charge in [0.15, 0.2) is 0 Å². The van der Waals surface area contributed by atoms with Crippen LogP contribution in [-0.2, 0) is 0 Å². The molecule has 1 N–H and O–H groups in total. The fraction of sp³-hybridized carbons (Fsp3) is 1.00. The molecule has 0 aromatic heterocycles. The number of aliphatic hydroxyl groups excluding tert-OH is 1. The Hall–Kier alpha value is 0.620. The zero-order valence-corrected chi connectivity index (χ0v) is 6.87. The Bertz CT molecular complexity index is 81.0. The van der Waals surface area contributed by atoms with E-state index >= 15 is 0 Å². The molecular formula is C5H11NOS2. The van der Waals surface area contributed by atoms with Gasteiger partial charge in [0.1, 0.15) is 0 Å². The zero-order valence-electron chi connectivity index (χ0n) is 5.16. The fourth-order valence-corrected chi connectivity index (χ4v) is 1.93. The molecule has 1 rings (SSSR count). The summed E-state index contributed by atoms with van der Waals surface area (Å²) in [6, 6.07) is 0. The van der Waals surface area contributed by atoms with Crippen LogP contribution in [-0.4, -0.2) is 29.1 Å². The van der Waals surface area contributed by atoms with E-state index in [4.69, 9.17) is 5.11 Å². The minimum absolute atomic E-state index is 0.324. The van der Waals surface area contributed by atoms with E-state index < -0.39 is 0 Å². The van der Waals surface area contributed by atoms with Crippen molar-refractivity contribution in [2.75, 3.05) is 19.7 Å². The number of nitrogens with zero attached hydrogens (tertiary/aromatic N) is 1. The van der Waals surface area contributed by atoms with Crippen LogP contribution < -0.4 is 0 Å². The van der Waals surface area contributed by atoms with Crippen LogP contribution in [0.5, 0.6) is 0 Å². The number of hydrogen-bond acceptors (Lipinski definition) is 4. The fourth-order valence-electron chi connectivity index (χ4n) is 1.02. The van der Waals surface area contributed by atoms with Crippen molar-refractivity contribution in [3.8, 4) is 0 Å². The van der Waals surface area contributed by atoms with E-state index in [-0.39, 0.29) is 0 Å². The summed E-state index contributed by atoms with van der Waals surface area (Å²) in [4.78, 5) is 0. The van der Waals surface area contributed by atoms with Crippen LogP contribution in [0.1, 0.15) is 6.42 Å². The third kappa shape index (κ3) is 2.04. The molecule has 1 aliphatic rings. The predicted octanol–water partition coefficient (Wildman–Crippen LogP) is 0.794. The summed E-state index contributed by atoms with van der Waals surface area (Å²) in [7, 11) is 1.47. The highest BCUT2D eigenvalue weighted by Gasteiger charge is 2.20. The summed E-state index contributed by atoms with van der Waals surface area (Å²) in [5, 5.41) is 8.72. The van der Waals surface area contributed by atoms with Gasteiger partial charge in [-0.15, -0.1) is 0 Å². The molecular weight excluding hydrogens is 154 g/mol. The van der Waals surface area contributed by atoms with E-state index in [1.807, 2.05) is 0 Å². The van der Waals surface area contributed by atoms with Crippen LogP contribution in [0.4, 0.5) is 0 Å². The Kier molecular flexibility index (Phi) is 3.18. The zero-order chi connectivity index (χ0) is 6.69. The minimum atomic E-state index is 0.324. The average Bonchev–Trinajstić information content (AvgIpc) is 2.34. The van der Waals surface area contributed by atoms with Gasteiger partial charge in [0.2, 0.25) is 0 Å². The topological polar surface area (TPSA) is 23.5 Å². The molecule has 1 atom stereocenters. The molecule has 0 saturated carbocycles. The second-order valence-corrected chi connectivity index (χ2v) is 3.48. The van der Waals surface area contributed by atoms with Crippen LogP contribution in [0, 0.1) is 5.92 Å². The quantitative estimate of drug-likeness (QED) is 0.359. The molecule has 1 heterocycles. The van der Waals surface area contributed by atoms with Crippen LogP contribution in [0.2, 0.25) is 0 Å². The summed E-state index contributed by atoms with van der Waals surface area (Å²) >= 11 is 4.06. The molecule has 0 aromatic rings. The van der Waals surface area contributed by atoms with Crippen molar-refractivity contribution >= 4 is 22.6 Å². The highest BCUT2D eigenvalue weighted by atomic mass is 33.1. The molecule has 9 heavy (non-hydrogen) atoms. The lowest BCUT2D eigenvalue weighted by Crippen LogP contribution is -2.11. The van der Waals surface area contributed by atoms with E-state index in [0.29, 0.717) is 12.5 Å². The van der Waals surface area contributed by atoms with E-state index in [0.717, 1.165) is 19.5 Å². The molecule has 1 fully saturated rings. The molecule has 54 valence electrons.